The van der Waals surface area contributed by atoms with E-state index in [1.807, 2.05) is 26.1 Å². The van der Waals surface area contributed by atoms with Gasteiger partial charge in [-0.2, -0.15) is 0 Å². The van der Waals surface area contributed by atoms with E-state index in [9.17, 15) is 4.79 Å². The van der Waals surface area contributed by atoms with E-state index >= 15 is 0 Å². The largest absolute Gasteiger partial charge is 0.495 e. The second-order valence-corrected chi connectivity index (χ2v) is 4.28. The molecule has 4 heteroatoms. The fraction of sp³-hybridized carbons (Fsp3) is 0.500. The Balaban J connectivity index is 2.62. The molecule has 100 valence electrons. The van der Waals surface area contributed by atoms with E-state index in [4.69, 9.17) is 4.74 Å². The molecule has 0 atom stereocenters. The Bertz CT molecular complexity index is 404. The van der Waals surface area contributed by atoms with Crippen molar-refractivity contribution in [2.75, 3.05) is 32.7 Å². The number of methoxy groups -OCH3 is 2. The highest BCUT2D eigenvalue weighted by Crippen LogP contribution is 2.28. The summed E-state index contributed by atoms with van der Waals surface area (Å²) in [5.74, 6) is 0.681. The maximum Gasteiger partial charge on any atom is 0.305 e. The zero-order chi connectivity index (χ0) is 13.5. The van der Waals surface area contributed by atoms with Gasteiger partial charge in [-0.05, 0) is 31.0 Å². The summed E-state index contributed by atoms with van der Waals surface area (Å²) in [6.45, 7) is 2.83. The van der Waals surface area contributed by atoms with Crippen LogP contribution in [-0.4, -0.2) is 33.8 Å². The minimum atomic E-state index is -0.167. The number of esters is 1. The van der Waals surface area contributed by atoms with Crippen LogP contribution >= 0.6 is 0 Å². The summed E-state index contributed by atoms with van der Waals surface area (Å²) in [7, 11) is 5.07. The number of nitrogens with zero attached hydrogens (tertiary/aromatic N) is 1. The quantitative estimate of drug-likeness (QED) is 0.728. The first kappa shape index (κ1) is 14.4. The van der Waals surface area contributed by atoms with E-state index in [1.54, 1.807) is 7.11 Å². The van der Waals surface area contributed by atoms with Gasteiger partial charge in [-0.25, -0.2) is 0 Å². The number of hydrogen-bond acceptors (Lipinski definition) is 4. The van der Waals surface area contributed by atoms with E-state index < -0.39 is 0 Å². The highest BCUT2D eigenvalue weighted by Gasteiger charge is 2.09. The van der Waals surface area contributed by atoms with E-state index in [2.05, 4.69) is 15.7 Å². The van der Waals surface area contributed by atoms with Crippen LogP contribution in [-0.2, 0) is 9.53 Å². The molecule has 0 N–H and O–H groups in total. The summed E-state index contributed by atoms with van der Waals surface area (Å²) < 4.78 is 9.96. The first-order chi connectivity index (χ1) is 8.58. The molecule has 1 rings (SSSR count). The molecule has 0 aliphatic rings. The molecule has 0 heterocycles. The molecular formula is C14H21NO3. The Hall–Kier alpha value is -1.71. The third kappa shape index (κ3) is 3.95. The fourth-order valence-corrected chi connectivity index (χ4v) is 1.78. The van der Waals surface area contributed by atoms with Crippen molar-refractivity contribution in [1.82, 2.24) is 0 Å². The summed E-state index contributed by atoms with van der Waals surface area (Å²) in [5.41, 5.74) is 2.23. The van der Waals surface area contributed by atoms with Crippen LogP contribution in [0.3, 0.4) is 0 Å². The lowest BCUT2D eigenvalue weighted by molar-refractivity contribution is -0.140. The predicted molar refractivity (Wildman–Crippen MR) is 72.3 cm³/mol. The number of carbonyl (C=O) groups is 1. The van der Waals surface area contributed by atoms with Gasteiger partial charge < -0.3 is 14.4 Å². The highest BCUT2D eigenvalue weighted by atomic mass is 16.5. The molecule has 0 unspecified atom stereocenters. The Labute approximate surface area is 108 Å². The van der Waals surface area contributed by atoms with Crippen molar-refractivity contribution in [3.8, 4) is 5.75 Å². The van der Waals surface area contributed by atoms with Gasteiger partial charge in [0.25, 0.3) is 0 Å². The molecule has 0 saturated carbocycles. The van der Waals surface area contributed by atoms with Crippen molar-refractivity contribution in [3.63, 3.8) is 0 Å². The molecule has 18 heavy (non-hydrogen) atoms. The van der Waals surface area contributed by atoms with Crippen LogP contribution in [0.5, 0.6) is 5.75 Å². The van der Waals surface area contributed by atoms with Crippen LogP contribution in [0.4, 0.5) is 5.69 Å². The van der Waals surface area contributed by atoms with E-state index in [-0.39, 0.29) is 5.97 Å². The van der Waals surface area contributed by atoms with Crippen LogP contribution in [0, 0.1) is 6.92 Å². The third-order valence-electron chi connectivity index (χ3n) is 2.85. The number of benzene rings is 1. The first-order valence-corrected chi connectivity index (χ1v) is 6.01. The third-order valence-corrected chi connectivity index (χ3v) is 2.85. The Kier molecular flexibility index (Phi) is 5.49. The summed E-state index contributed by atoms with van der Waals surface area (Å²) in [6.07, 6.45) is 1.20. The Morgan fingerprint density at radius 2 is 2.06 bits per heavy atom. The van der Waals surface area contributed by atoms with Crippen molar-refractivity contribution < 1.29 is 14.3 Å². The van der Waals surface area contributed by atoms with Gasteiger partial charge in [0.1, 0.15) is 5.75 Å². The highest BCUT2D eigenvalue weighted by molar-refractivity contribution is 5.69. The number of carbonyl (C=O) groups excluding carboxylic acids is 1. The number of hydrogen-bond donors (Lipinski definition) is 0. The van der Waals surface area contributed by atoms with Crippen molar-refractivity contribution in [3.05, 3.63) is 23.8 Å². The van der Waals surface area contributed by atoms with Crippen LogP contribution < -0.4 is 9.64 Å². The second kappa shape index (κ2) is 6.89. The van der Waals surface area contributed by atoms with Gasteiger partial charge in [-0.3, -0.25) is 4.79 Å². The second-order valence-electron chi connectivity index (χ2n) is 4.28. The van der Waals surface area contributed by atoms with Crippen LogP contribution in [0.2, 0.25) is 0 Å². The molecular weight excluding hydrogens is 230 g/mol. The number of rotatable bonds is 6. The van der Waals surface area contributed by atoms with Crippen molar-refractivity contribution in [2.24, 2.45) is 0 Å². The van der Waals surface area contributed by atoms with E-state index in [1.165, 1.54) is 12.7 Å². The number of anilines is 1. The molecule has 4 nitrogen and oxygen atoms in total. The van der Waals surface area contributed by atoms with Gasteiger partial charge >= 0.3 is 5.97 Å². The smallest absolute Gasteiger partial charge is 0.305 e. The molecule has 0 saturated heterocycles. The molecule has 0 aliphatic heterocycles. The van der Waals surface area contributed by atoms with Gasteiger partial charge in [0, 0.05) is 20.0 Å². The Morgan fingerprint density at radius 3 is 2.67 bits per heavy atom. The summed E-state index contributed by atoms with van der Waals surface area (Å²) in [5, 5.41) is 0. The molecule has 0 aromatic heterocycles. The van der Waals surface area contributed by atoms with Gasteiger partial charge in [0.15, 0.2) is 0 Å². The van der Waals surface area contributed by atoms with Crippen LogP contribution in [0.1, 0.15) is 18.4 Å². The zero-order valence-electron chi connectivity index (χ0n) is 11.5. The number of ether oxygens (including phenoxy) is 2. The lowest BCUT2D eigenvalue weighted by Gasteiger charge is -2.22. The monoisotopic (exact) mass is 251 g/mol. The van der Waals surface area contributed by atoms with Gasteiger partial charge in [0.2, 0.25) is 0 Å². The lowest BCUT2D eigenvalue weighted by atomic mass is 10.2. The predicted octanol–water partition coefficient (Wildman–Crippen LogP) is 2.39. The van der Waals surface area contributed by atoms with Gasteiger partial charge in [-0.1, -0.05) is 6.07 Å². The molecule has 0 radical (unpaired) electrons. The van der Waals surface area contributed by atoms with Crippen LogP contribution in [0.15, 0.2) is 18.2 Å². The SMILES string of the molecule is COC(=O)CCCN(C)c1cc(C)ccc1OC. The lowest BCUT2D eigenvalue weighted by Crippen LogP contribution is -2.20. The molecule has 0 spiro atoms. The molecule has 0 amide bonds. The van der Waals surface area contributed by atoms with Crippen molar-refractivity contribution >= 4 is 11.7 Å². The molecule has 1 aromatic carbocycles. The topological polar surface area (TPSA) is 38.8 Å². The molecule has 0 aliphatic carbocycles. The number of aryl methyl sites for hydroxylation is 1. The van der Waals surface area contributed by atoms with Crippen LogP contribution in [0.25, 0.3) is 0 Å². The maximum atomic E-state index is 11.0. The zero-order valence-corrected chi connectivity index (χ0v) is 11.5. The fourth-order valence-electron chi connectivity index (χ4n) is 1.78. The average molecular weight is 251 g/mol. The Morgan fingerprint density at radius 1 is 1.33 bits per heavy atom. The molecule has 0 fully saturated rings. The average Bonchev–Trinajstić information content (AvgIpc) is 2.38. The summed E-state index contributed by atoms with van der Waals surface area (Å²) in [6, 6.07) is 6.06. The van der Waals surface area contributed by atoms with Gasteiger partial charge in [-0.15, -0.1) is 0 Å². The normalized spacial score (nSPS) is 10.0. The maximum absolute atomic E-state index is 11.0. The first-order valence-electron chi connectivity index (χ1n) is 6.01. The van der Waals surface area contributed by atoms with E-state index in [0.29, 0.717) is 6.42 Å². The summed E-state index contributed by atoms with van der Waals surface area (Å²) in [4.78, 5) is 13.1. The molecule has 1 aromatic rings. The van der Waals surface area contributed by atoms with Gasteiger partial charge in [0.05, 0.1) is 19.9 Å². The minimum Gasteiger partial charge on any atom is -0.495 e. The molecule has 0 bridgehead atoms. The van der Waals surface area contributed by atoms with Crippen molar-refractivity contribution in [2.45, 2.75) is 19.8 Å². The van der Waals surface area contributed by atoms with Crippen molar-refractivity contribution in [1.29, 1.82) is 0 Å². The van der Waals surface area contributed by atoms with E-state index in [0.717, 1.165) is 24.4 Å². The minimum absolute atomic E-state index is 0.167. The standard InChI is InChI=1S/C14H21NO3/c1-11-7-8-13(17-3)12(10-11)15(2)9-5-6-14(16)18-4/h7-8,10H,5-6,9H2,1-4H3. The summed E-state index contributed by atoms with van der Waals surface area (Å²) >= 11 is 0.